The standard InChI is InChI=1S/C20H18ClNO3S/c21-18-9-15(8-16-17-10-22-5-3-19(17)25-20(16)18)26(23)14-2-1-12-4-6-24-11-13(12)7-14/h1-2,7-9,22H,3-6,10-11H2. The number of nitrogens with one attached hydrogen (secondary N) is 1. The average Bonchev–Trinajstić information content (AvgIpc) is 3.06. The van der Waals surface area contributed by atoms with E-state index in [-0.39, 0.29) is 0 Å². The zero-order chi connectivity index (χ0) is 17.7. The average molecular weight is 388 g/mol. The molecule has 0 fully saturated rings. The molecule has 0 aliphatic carbocycles. The Morgan fingerprint density at radius 3 is 2.92 bits per heavy atom. The molecule has 3 heterocycles. The molecular weight excluding hydrogens is 370 g/mol. The molecule has 0 amide bonds. The fourth-order valence-corrected chi connectivity index (χ4v) is 5.23. The van der Waals surface area contributed by atoms with E-state index in [9.17, 15) is 4.21 Å². The Labute approximate surface area is 158 Å². The van der Waals surface area contributed by atoms with Crippen molar-refractivity contribution in [2.75, 3.05) is 13.2 Å². The van der Waals surface area contributed by atoms with Crippen molar-refractivity contribution in [3.63, 3.8) is 0 Å². The molecule has 6 heteroatoms. The van der Waals surface area contributed by atoms with Gasteiger partial charge in [-0.2, -0.15) is 0 Å². The first kappa shape index (κ1) is 16.5. The molecular formula is C20H18ClNO3S. The van der Waals surface area contributed by atoms with Gasteiger partial charge >= 0.3 is 0 Å². The molecule has 134 valence electrons. The molecule has 1 aromatic heterocycles. The van der Waals surface area contributed by atoms with Crippen LogP contribution in [0.5, 0.6) is 0 Å². The van der Waals surface area contributed by atoms with Gasteiger partial charge in [-0.1, -0.05) is 17.7 Å². The van der Waals surface area contributed by atoms with Crippen LogP contribution in [-0.4, -0.2) is 17.4 Å². The van der Waals surface area contributed by atoms with Crippen LogP contribution in [-0.2, 0) is 41.5 Å². The molecule has 0 saturated carbocycles. The highest BCUT2D eigenvalue weighted by Gasteiger charge is 2.21. The van der Waals surface area contributed by atoms with Gasteiger partial charge in [-0.15, -0.1) is 0 Å². The third kappa shape index (κ3) is 2.70. The fourth-order valence-electron chi connectivity index (χ4n) is 3.75. The van der Waals surface area contributed by atoms with Gasteiger partial charge in [-0.05, 0) is 41.8 Å². The summed E-state index contributed by atoms with van der Waals surface area (Å²) in [5, 5.41) is 4.84. The molecule has 2 aliphatic heterocycles. The van der Waals surface area contributed by atoms with Crippen molar-refractivity contribution >= 4 is 33.4 Å². The zero-order valence-corrected chi connectivity index (χ0v) is 15.7. The van der Waals surface area contributed by atoms with E-state index < -0.39 is 10.8 Å². The molecule has 26 heavy (non-hydrogen) atoms. The third-order valence-corrected chi connectivity index (χ3v) is 6.74. The Hall–Kier alpha value is -1.66. The lowest BCUT2D eigenvalue weighted by molar-refractivity contribution is 0.110. The quantitative estimate of drug-likeness (QED) is 0.722. The lowest BCUT2D eigenvalue weighted by Gasteiger charge is -2.17. The van der Waals surface area contributed by atoms with Crippen molar-refractivity contribution in [1.29, 1.82) is 0 Å². The van der Waals surface area contributed by atoms with E-state index in [1.807, 2.05) is 18.2 Å². The van der Waals surface area contributed by atoms with E-state index in [1.54, 1.807) is 6.07 Å². The lowest BCUT2D eigenvalue weighted by Crippen LogP contribution is -2.22. The van der Waals surface area contributed by atoms with Crippen molar-refractivity contribution in [2.24, 2.45) is 0 Å². The second kappa shape index (κ2) is 6.50. The number of ether oxygens (including phenoxy) is 1. The first-order chi connectivity index (χ1) is 12.7. The summed E-state index contributed by atoms with van der Waals surface area (Å²) in [6.45, 7) is 2.99. The first-order valence-electron chi connectivity index (χ1n) is 8.76. The van der Waals surface area contributed by atoms with Crippen molar-refractivity contribution < 1.29 is 13.4 Å². The second-order valence-corrected chi connectivity index (χ2v) is 8.60. The van der Waals surface area contributed by atoms with Gasteiger partial charge in [0.2, 0.25) is 0 Å². The number of furan rings is 1. The molecule has 0 radical (unpaired) electrons. The minimum absolute atomic E-state index is 0.515. The summed E-state index contributed by atoms with van der Waals surface area (Å²) in [5.41, 5.74) is 4.23. The van der Waals surface area contributed by atoms with Crippen molar-refractivity contribution in [3.8, 4) is 0 Å². The Morgan fingerprint density at radius 2 is 2.00 bits per heavy atom. The van der Waals surface area contributed by atoms with Gasteiger partial charge in [0.1, 0.15) is 5.76 Å². The Kier molecular flexibility index (Phi) is 4.13. The SMILES string of the molecule is O=S(c1ccc2c(c1)COCC2)c1cc(Cl)c2oc3c(c2c1)CNCC3. The second-order valence-electron chi connectivity index (χ2n) is 6.71. The number of hydrogen-bond acceptors (Lipinski definition) is 4. The summed E-state index contributed by atoms with van der Waals surface area (Å²) in [4.78, 5) is 1.48. The summed E-state index contributed by atoms with van der Waals surface area (Å²) in [7, 11) is -1.30. The maximum atomic E-state index is 13.2. The summed E-state index contributed by atoms with van der Waals surface area (Å²) in [6, 6.07) is 9.73. The summed E-state index contributed by atoms with van der Waals surface area (Å²) in [6.07, 6.45) is 1.76. The summed E-state index contributed by atoms with van der Waals surface area (Å²) >= 11 is 6.46. The Bertz CT molecular complexity index is 1040. The normalized spacial score (nSPS) is 17.7. The summed E-state index contributed by atoms with van der Waals surface area (Å²) in [5.74, 6) is 0.981. The summed E-state index contributed by atoms with van der Waals surface area (Å²) < 4.78 is 24.7. The van der Waals surface area contributed by atoms with Crippen molar-refractivity contribution in [1.82, 2.24) is 5.32 Å². The molecule has 2 aliphatic rings. The molecule has 1 unspecified atom stereocenters. The minimum Gasteiger partial charge on any atom is -0.459 e. The van der Waals surface area contributed by atoms with Crippen LogP contribution < -0.4 is 5.32 Å². The van der Waals surface area contributed by atoms with Crippen LogP contribution in [0, 0.1) is 0 Å². The van der Waals surface area contributed by atoms with E-state index in [2.05, 4.69) is 11.4 Å². The van der Waals surface area contributed by atoms with Gasteiger partial charge < -0.3 is 14.5 Å². The lowest BCUT2D eigenvalue weighted by atomic mass is 10.0. The van der Waals surface area contributed by atoms with Crippen LogP contribution in [0.2, 0.25) is 5.02 Å². The van der Waals surface area contributed by atoms with Crippen LogP contribution in [0.15, 0.2) is 44.5 Å². The van der Waals surface area contributed by atoms with Gasteiger partial charge in [0.25, 0.3) is 0 Å². The maximum Gasteiger partial charge on any atom is 0.153 e. The molecule has 0 saturated heterocycles. The Morgan fingerprint density at radius 1 is 1.08 bits per heavy atom. The smallest absolute Gasteiger partial charge is 0.153 e. The highest BCUT2D eigenvalue weighted by atomic mass is 35.5. The van der Waals surface area contributed by atoms with Crippen LogP contribution >= 0.6 is 11.6 Å². The number of rotatable bonds is 2. The van der Waals surface area contributed by atoms with E-state index in [0.29, 0.717) is 22.1 Å². The van der Waals surface area contributed by atoms with E-state index >= 15 is 0 Å². The molecule has 5 rings (SSSR count). The molecule has 2 aromatic carbocycles. The highest BCUT2D eigenvalue weighted by Crippen LogP contribution is 2.36. The van der Waals surface area contributed by atoms with Crippen molar-refractivity contribution in [3.05, 3.63) is 57.8 Å². The zero-order valence-electron chi connectivity index (χ0n) is 14.1. The molecule has 1 N–H and O–H groups in total. The third-order valence-electron chi connectivity index (χ3n) is 5.11. The topological polar surface area (TPSA) is 51.5 Å². The number of fused-ring (bicyclic) bond motifs is 4. The van der Waals surface area contributed by atoms with Gasteiger partial charge in [0.05, 0.1) is 29.0 Å². The van der Waals surface area contributed by atoms with E-state index in [4.69, 9.17) is 20.8 Å². The predicted octanol–water partition coefficient (Wildman–Crippen LogP) is 3.97. The van der Waals surface area contributed by atoms with Gasteiger partial charge in [-0.25, -0.2) is 4.21 Å². The number of halogens is 1. The molecule has 1 atom stereocenters. The molecule has 4 nitrogen and oxygen atoms in total. The van der Waals surface area contributed by atoms with Gasteiger partial charge in [-0.3, -0.25) is 0 Å². The van der Waals surface area contributed by atoms with Crippen LogP contribution in [0.4, 0.5) is 0 Å². The highest BCUT2D eigenvalue weighted by molar-refractivity contribution is 7.85. The first-order valence-corrected chi connectivity index (χ1v) is 10.3. The predicted molar refractivity (Wildman–Crippen MR) is 101 cm³/mol. The van der Waals surface area contributed by atoms with Crippen LogP contribution in [0.3, 0.4) is 0 Å². The largest absolute Gasteiger partial charge is 0.459 e. The van der Waals surface area contributed by atoms with Crippen molar-refractivity contribution in [2.45, 2.75) is 35.8 Å². The van der Waals surface area contributed by atoms with Gasteiger partial charge in [0.15, 0.2) is 5.58 Å². The van der Waals surface area contributed by atoms with Crippen LogP contribution in [0.1, 0.15) is 22.5 Å². The number of hydrogen-bond donors (Lipinski definition) is 1. The maximum absolute atomic E-state index is 13.2. The molecule has 0 bridgehead atoms. The van der Waals surface area contributed by atoms with Gasteiger partial charge in [0, 0.05) is 40.3 Å². The minimum atomic E-state index is -1.30. The molecule has 0 spiro atoms. The fraction of sp³-hybridized carbons (Fsp3) is 0.300. The van der Waals surface area contributed by atoms with Crippen LogP contribution in [0.25, 0.3) is 11.0 Å². The Balaban J connectivity index is 1.59. The van der Waals surface area contributed by atoms with E-state index in [0.717, 1.165) is 59.7 Å². The molecule has 3 aromatic rings. The number of benzene rings is 2. The van der Waals surface area contributed by atoms with E-state index in [1.165, 1.54) is 5.56 Å². The monoisotopic (exact) mass is 387 g/mol.